The van der Waals surface area contributed by atoms with E-state index in [1.807, 2.05) is 0 Å². The molecular weight excluding hydrogens is 343 g/mol. The van der Waals surface area contributed by atoms with Gasteiger partial charge in [0.05, 0.1) is 4.90 Å². The largest absolute Gasteiger partial charge is 0.537 e. The number of benzene rings is 1. The highest BCUT2D eigenvalue weighted by Gasteiger charge is 2.38. The minimum Gasteiger partial charge on any atom is -0.303 e. The molecule has 0 N–H and O–H groups in total. The highest BCUT2D eigenvalue weighted by molar-refractivity contribution is 7.86. The molecule has 0 amide bonds. The summed E-state index contributed by atoms with van der Waals surface area (Å²) in [4.78, 5) is 1.87. The molecule has 24 heavy (non-hydrogen) atoms. The second-order valence-electron chi connectivity index (χ2n) is 6.05. The number of rotatable bonds is 6. The number of hydrogen-bond donors (Lipinski definition) is 0. The van der Waals surface area contributed by atoms with Crippen LogP contribution in [-0.4, -0.2) is 39.3 Å². The monoisotopic (exact) mass is 365 g/mol. The van der Waals surface area contributed by atoms with E-state index in [1.54, 1.807) is 6.07 Å². The lowest BCUT2D eigenvalue weighted by molar-refractivity contribution is -0.271. The van der Waals surface area contributed by atoms with Crippen LogP contribution in [0.1, 0.15) is 44.1 Å². The van der Waals surface area contributed by atoms with Crippen molar-refractivity contribution in [3.8, 4) is 0 Å². The zero-order chi connectivity index (χ0) is 17.8. The molecule has 1 fully saturated rings. The molecule has 1 saturated heterocycles. The van der Waals surface area contributed by atoms with Gasteiger partial charge in [0.15, 0.2) is 0 Å². The van der Waals surface area contributed by atoms with Crippen molar-refractivity contribution in [3.63, 3.8) is 0 Å². The number of unbranched alkanes of at least 4 members (excludes halogenated alkanes) is 1. The molecule has 0 radical (unpaired) electrons. The molecule has 1 aromatic carbocycles. The van der Waals surface area contributed by atoms with Gasteiger partial charge in [0.2, 0.25) is 0 Å². The Bertz CT molecular complexity index is 646. The van der Waals surface area contributed by atoms with Crippen LogP contribution in [0.15, 0.2) is 29.2 Å². The fraction of sp³-hybridized carbons (Fsp3) is 0.625. The quantitative estimate of drug-likeness (QED) is 0.718. The Morgan fingerprint density at radius 1 is 1.33 bits per heavy atom. The van der Waals surface area contributed by atoms with E-state index in [1.165, 1.54) is 12.1 Å². The van der Waals surface area contributed by atoms with Crippen molar-refractivity contribution in [2.24, 2.45) is 0 Å². The molecule has 0 aliphatic carbocycles. The van der Waals surface area contributed by atoms with Gasteiger partial charge in [-0.1, -0.05) is 25.5 Å². The van der Waals surface area contributed by atoms with Crippen molar-refractivity contribution in [1.82, 2.24) is 4.90 Å². The summed E-state index contributed by atoms with van der Waals surface area (Å²) in [6, 6.07) is 5.66. The third-order valence-corrected chi connectivity index (χ3v) is 5.40. The molecule has 0 spiro atoms. The van der Waals surface area contributed by atoms with Gasteiger partial charge in [-0.05, 0) is 56.0 Å². The molecule has 1 atom stereocenters. The molecule has 4 nitrogen and oxygen atoms in total. The number of nitrogens with zero attached hydrogens (tertiary/aromatic N) is 1. The first kappa shape index (κ1) is 19.2. The first-order valence-corrected chi connectivity index (χ1v) is 9.47. The summed E-state index contributed by atoms with van der Waals surface area (Å²) >= 11 is 0. The van der Waals surface area contributed by atoms with Crippen LogP contribution in [0.2, 0.25) is 0 Å². The number of piperidine rings is 1. The van der Waals surface area contributed by atoms with Crippen LogP contribution in [0.4, 0.5) is 13.2 Å². The van der Waals surface area contributed by atoms with Crippen LogP contribution in [0.25, 0.3) is 0 Å². The van der Waals surface area contributed by atoms with Crippen LogP contribution >= 0.6 is 0 Å². The van der Waals surface area contributed by atoms with Crippen LogP contribution in [0, 0.1) is 0 Å². The predicted octanol–water partition coefficient (Wildman–Crippen LogP) is 3.89. The first-order valence-electron chi connectivity index (χ1n) is 8.06. The zero-order valence-corrected chi connectivity index (χ0v) is 14.4. The number of likely N-dealkylation sites (tertiary alicyclic amines) is 1. The number of alkyl halides is 3. The van der Waals surface area contributed by atoms with Gasteiger partial charge in [0.25, 0.3) is 0 Å². The molecule has 0 saturated carbocycles. The fourth-order valence-electron chi connectivity index (χ4n) is 3.01. The zero-order valence-electron chi connectivity index (χ0n) is 13.6. The van der Waals surface area contributed by atoms with E-state index in [2.05, 4.69) is 16.0 Å². The molecule has 1 unspecified atom stereocenters. The van der Waals surface area contributed by atoms with Crippen molar-refractivity contribution in [2.45, 2.75) is 49.8 Å². The molecular formula is C16H22F3NO3S. The SMILES string of the molecule is CCCCN1CCCC(c2cccc(S(=O)(=O)OC(F)(F)F)c2)C1. The van der Waals surface area contributed by atoms with E-state index >= 15 is 0 Å². The summed E-state index contributed by atoms with van der Waals surface area (Å²) in [5, 5.41) is 0. The van der Waals surface area contributed by atoms with Crippen LogP contribution in [-0.2, 0) is 14.3 Å². The predicted molar refractivity (Wildman–Crippen MR) is 84.1 cm³/mol. The number of halogens is 3. The minimum atomic E-state index is -5.23. The maximum absolute atomic E-state index is 12.3. The first-order chi connectivity index (χ1) is 11.2. The summed E-state index contributed by atoms with van der Waals surface area (Å²) in [7, 11) is -4.85. The Morgan fingerprint density at radius 3 is 2.75 bits per heavy atom. The lowest BCUT2D eigenvalue weighted by atomic mass is 9.90. The summed E-state index contributed by atoms with van der Waals surface area (Å²) in [5.41, 5.74) is 0.739. The maximum atomic E-state index is 12.3. The van der Waals surface area contributed by atoms with Gasteiger partial charge < -0.3 is 4.90 Å². The van der Waals surface area contributed by atoms with Crippen LogP contribution in [0.5, 0.6) is 0 Å². The maximum Gasteiger partial charge on any atom is 0.537 e. The Hall–Kier alpha value is -1.12. The number of hydrogen-bond acceptors (Lipinski definition) is 4. The summed E-state index contributed by atoms with van der Waals surface area (Å²) in [6.07, 6.45) is -1.14. The van der Waals surface area contributed by atoms with E-state index in [9.17, 15) is 21.6 Å². The van der Waals surface area contributed by atoms with Crippen molar-refractivity contribution in [1.29, 1.82) is 0 Å². The summed E-state index contributed by atoms with van der Waals surface area (Å²) < 4.78 is 63.5. The molecule has 1 aliphatic rings. The Kier molecular flexibility index (Phi) is 6.28. The lowest BCUT2D eigenvalue weighted by Gasteiger charge is -2.33. The van der Waals surface area contributed by atoms with Gasteiger partial charge in [-0.15, -0.1) is 13.2 Å². The standard InChI is InChI=1S/C16H22F3NO3S/c1-2-3-9-20-10-5-7-14(12-20)13-6-4-8-15(11-13)24(21,22)23-16(17,18)19/h4,6,8,11,14H,2-3,5,7,9-10,12H2,1H3. The highest BCUT2D eigenvalue weighted by atomic mass is 32.2. The minimum absolute atomic E-state index is 0.122. The topological polar surface area (TPSA) is 46.6 Å². The van der Waals surface area contributed by atoms with Crippen molar-refractivity contribution in [2.75, 3.05) is 19.6 Å². The summed E-state index contributed by atoms with van der Waals surface area (Å²) in [6.45, 7) is 4.91. The van der Waals surface area contributed by atoms with Crippen LogP contribution in [0.3, 0.4) is 0 Å². The van der Waals surface area contributed by atoms with Crippen molar-refractivity contribution >= 4 is 10.1 Å². The molecule has 1 heterocycles. The average molecular weight is 365 g/mol. The van der Waals surface area contributed by atoms with E-state index < -0.39 is 21.4 Å². The molecule has 2 rings (SSSR count). The molecule has 0 aromatic heterocycles. The van der Waals surface area contributed by atoms with Gasteiger partial charge in [-0.2, -0.15) is 12.6 Å². The molecule has 8 heteroatoms. The molecule has 1 aliphatic heterocycles. The third kappa shape index (κ3) is 5.46. The second-order valence-corrected chi connectivity index (χ2v) is 7.60. The van der Waals surface area contributed by atoms with Gasteiger partial charge in [-0.3, -0.25) is 0 Å². The highest BCUT2D eigenvalue weighted by Crippen LogP contribution is 2.30. The molecule has 0 bridgehead atoms. The van der Waals surface area contributed by atoms with Gasteiger partial charge in [-0.25, -0.2) is 0 Å². The second kappa shape index (κ2) is 7.84. The van der Waals surface area contributed by atoms with E-state index in [4.69, 9.17) is 0 Å². The Morgan fingerprint density at radius 2 is 2.08 bits per heavy atom. The van der Waals surface area contributed by atoms with Crippen molar-refractivity contribution in [3.05, 3.63) is 29.8 Å². The van der Waals surface area contributed by atoms with E-state index in [-0.39, 0.29) is 5.92 Å². The third-order valence-electron chi connectivity index (χ3n) is 4.16. The van der Waals surface area contributed by atoms with E-state index in [0.29, 0.717) is 0 Å². The lowest BCUT2D eigenvalue weighted by Crippen LogP contribution is -2.35. The average Bonchev–Trinajstić information content (AvgIpc) is 2.51. The Labute approximate surface area is 140 Å². The van der Waals surface area contributed by atoms with Crippen LogP contribution < -0.4 is 0 Å². The van der Waals surface area contributed by atoms with Gasteiger partial charge in [0, 0.05) is 6.54 Å². The van der Waals surface area contributed by atoms with Gasteiger partial charge in [0.1, 0.15) is 0 Å². The molecule has 1 aromatic rings. The molecule has 136 valence electrons. The fourth-order valence-corrected chi connectivity index (χ4v) is 3.88. The smallest absolute Gasteiger partial charge is 0.303 e. The van der Waals surface area contributed by atoms with Crippen molar-refractivity contribution < 1.29 is 25.8 Å². The Balaban J connectivity index is 2.15. The van der Waals surface area contributed by atoms with Gasteiger partial charge >= 0.3 is 16.5 Å². The normalized spacial score (nSPS) is 20.2. The summed E-state index contributed by atoms with van der Waals surface area (Å²) in [5.74, 6) is 0.122. The van der Waals surface area contributed by atoms with E-state index in [0.717, 1.165) is 56.9 Å².